The van der Waals surface area contributed by atoms with E-state index >= 15 is 0 Å². The molecular weight excluding hydrogens is 584 g/mol. The Kier molecular flexibility index (Phi) is 8.93. The molecule has 1 fully saturated rings. The van der Waals surface area contributed by atoms with E-state index in [0.29, 0.717) is 30.8 Å². The number of ether oxygens (including phenoxy) is 1. The van der Waals surface area contributed by atoms with Gasteiger partial charge in [-0.2, -0.15) is 0 Å². The van der Waals surface area contributed by atoms with E-state index in [1.54, 1.807) is 6.20 Å². The van der Waals surface area contributed by atoms with Gasteiger partial charge in [0.15, 0.2) is 0 Å². The molecule has 0 saturated heterocycles. The quantitative estimate of drug-likeness (QED) is 0.140. The van der Waals surface area contributed by atoms with Crippen molar-refractivity contribution in [3.05, 3.63) is 115 Å². The maximum absolute atomic E-state index is 12.4. The van der Waals surface area contributed by atoms with Gasteiger partial charge in [-0.05, 0) is 56.5 Å². The maximum atomic E-state index is 12.4. The van der Waals surface area contributed by atoms with Crippen molar-refractivity contribution in [3.63, 3.8) is 0 Å². The molecule has 3 aromatic heterocycles. The summed E-state index contributed by atoms with van der Waals surface area (Å²) in [5.74, 6) is 1.66. The zero-order valence-electron chi connectivity index (χ0n) is 26.8. The molecule has 0 unspecified atom stereocenters. The van der Waals surface area contributed by atoms with Gasteiger partial charge in [0.25, 0.3) is 0 Å². The minimum atomic E-state index is -0.139. The number of rotatable bonds is 12. The fraction of sp³-hybridized carbons (Fsp3) is 0.282. The highest BCUT2D eigenvalue weighted by Gasteiger charge is 2.37. The molecule has 2 N–H and O–H groups in total. The third-order valence-corrected chi connectivity index (χ3v) is 9.22. The second-order valence-electron chi connectivity index (χ2n) is 12.4. The molecule has 238 valence electrons. The predicted molar refractivity (Wildman–Crippen MR) is 187 cm³/mol. The Morgan fingerprint density at radius 2 is 1.70 bits per heavy atom. The lowest BCUT2D eigenvalue weighted by Gasteiger charge is -2.42. The third kappa shape index (κ3) is 6.60. The number of benzene rings is 3. The number of hydrogen-bond donors (Lipinski definition) is 1. The summed E-state index contributed by atoms with van der Waals surface area (Å²) in [5.41, 5.74) is 13.1. The molecule has 0 aliphatic heterocycles. The summed E-state index contributed by atoms with van der Waals surface area (Å²) in [6, 6.07) is 31.0. The van der Waals surface area contributed by atoms with Gasteiger partial charge >= 0.3 is 5.97 Å². The highest BCUT2D eigenvalue weighted by Crippen LogP contribution is 2.42. The van der Waals surface area contributed by atoms with Crippen molar-refractivity contribution in [2.24, 2.45) is 0 Å². The molecule has 8 nitrogen and oxygen atoms in total. The van der Waals surface area contributed by atoms with Crippen molar-refractivity contribution >= 4 is 28.2 Å². The molecule has 7 rings (SSSR count). The summed E-state index contributed by atoms with van der Waals surface area (Å²) in [6.07, 6.45) is 8.04. The number of pyridine rings is 1. The average Bonchev–Trinajstić information content (AvgIpc) is 3.47. The van der Waals surface area contributed by atoms with Crippen molar-refractivity contribution < 1.29 is 9.53 Å². The van der Waals surface area contributed by atoms with Gasteiger partial charge in [-0.1, -0.05) is 85.8 Å². The van der Waals surface area contributed by atoms with Crippen LogP contribution in [0.3, 0.4) is 0 Å². The minimum absolute atomic E-state index is 0.139. The Morgan fingerprint density at radius 3 is 2.49 bits per heavy atom. The number of carbonyl (C=O) groups excluding carboxylic acids is 1. The lowest BCUT2D eigenvalue weighted by molar-refractivity contribution is -0.145. The number of esters is 1. The Hall–Kier alpha value is -5.08. The van der Waals surface area contributed by atoms with Crippen molar-refractivity contribution in [3.8, 4) is 22.5 Å². The molecule has 47 heavy (non-hydrogen) atoms. The van der Waals surface area contributed by atoms with Crippen LogP contribution in [0, 0.1) is 0 Å². The van der Waals surface area contributed by atoms with Crippen LogP contribution in [0.4, 0.5) is 5.82 Å². The Balaban J connectivity index is 1.06. The number of carbonyl (C=O) groups is 1. The first kappa shape index (κ1) is 30.6. The van der Waals surface area contributed by atoms with E-state index in [4.69, 9.17) is 20.4 Å². The number of anilines is 1. The SMILES string of the molecule is CCCN(CCCC(=O)OCc1ccccc1)C1CC(c2nc(-c3ccc4ccc(-c5ccccc5)nc4c3)c3c(N)nccn23)C1. The molecule has 3 heterocycles. The number of fused-ring (bicyclic) bond motifs is 2. The van der Waals surface area contributed by atoms with E-state index in [0.717, 1.165) is 89.1 Å². The smallest absolute Gasteiger partial charge is 0.306 e. The zero-order chi connectivity index (χ0) is 32.2. The van der Waals surface area contributed by atoms with Crippen LogP contribution in [0.1, 0.15) is 56.3 Å². The molecule has 3 aromatic carbocycles. The van der Waals surface area contributed by atoms with E-state index in [1.807, 2.05) is 54.7 Å². The largest absolute Gasteiger partial charge is 0.461 e. The van der Waals surface area contributed by atoms with Gasteiger partial charge in [0, 0.05) is 47.3 Å². The molecule has 0 bridgehead atoms. The fourth-order valence-corrected chi connectivity index (χ4v) is 6.71. The first-order chi connectivity index (χ1) is 23.1. The first-order valence-corrected chi connectivity index (χ1v) is 16.6. The molecule has 1 aliphatic rings. The van der Waals surface area contributed by atoms with Crippen LogP contribution in [0.15, 0.2) is 103 Å². The number of nitrogen functional groups attached to an aromatic ring is 1. The number of nitrogens with zero attached hydrogens (tertiary/aromatic N) is 5. The van der Waals surface area contributed by atoms with Crippen LogP contribution in [-0.4, -0.2) is 49.4 Å². The normalized spacial score (nSPS) is 16.0. The van der Waals surface area contributed by atoms with Gasteiger partial charge in [0.2, 0.25) is 0 Å². The van der Waals surface area contributed by atoms with E-state index in [2.05, 4.69) is 63.7 Å². The topological polar surface area (TPSA) is 98.6 Å². The molecule has 0 amide bonds. The van der Waals surface area contributed by atoms with Gasteiger partial charge in [-0.25, -0.2) is 15.0 Å². The van der Waals surface area contributed by atoms with Gasteiger partial charge in [0.05, 0.1) is 11.2 Å². The van der Waals surface area contributed by atoms with E-state index < -0.39 is 0 Å². The summed E-state index contributed by atoms with van der Waals surface area (Å²) >= 11 is 0. The summed E-state index contributed by atoms with van der Waals surface area (Å²) < 4.78 is 7.63. The average molecular weight is 625 g/mol. The standard InChI is InChI=1S/C39H40N6O2/c1-2-20-44(21-9-14-35(46)47-26-27-10-5-3-6-11-27)32-23-31(24-32)39-43-36(37-38(40)41-19-22-45(37)39)30-16-15-29-17-18-33(42-34(29)25-30)28-12-7-4-8-13-28/h3-8,10-13,15-19,22,25,31-32H,2,9,14,20-21,23-24,26H2,1H3,(H2,40,41). The number of hydrogen-bond acceptors (Lipinski definition) is 7. The number of imidazole rings is 1. The molecule has 0 radical (unpaired) electrons. The predicted octanol–water partition coefficient (Wildman–Crippen LogP) is 7.68. The van der Waals surface area contributed by atoms with Crippen LogP contribution in [-0.2, 0) is 16.1 Å². The van der Waals surface area contributed by atoms with Crippen LogP contribution in [0.25, 0.3) is 38.9 Å². The molecule has 1 saturated carbocycles. The zero-order valence-corrected chi connectivity index (χ0v) is 26.8. The first-order valence-electron chi connectivity index (χ1n) is 16.6. The highest BCUT2D eigenvalue weighted by molar-refractivity contribution is 5.91. The third-order valence-electron chi connectivity index (χ3n) is 9.22. The summed E-state index contributed by atoms with van der Waals surface area (Å²) in [6.45, 7) is 4.43. The highest BCUT2D eigenvalue weighted by atomic mass is 16.5. The van der Waals surface area contributed by atoms with Gasteiger partial charge in [0.1, 0.15) is 29.5 Å². The fourth-order valence-electron chi connectivity index (χ4n) is 6.71. The molecular formula is C39H40N6O2. The van der Waals surface area contributed by atoms with Crippen LogP contribution in [0.2, 0.25) is 0 Å². The van der Waals surface area contributed by atoms with Gasteiger partial charge in [-0.3, -0.25) is 9.20 Å². The van der Waals surface area contributed by atoms with Crippen molar-refractivity contribution in [1.82, 2.24) is 24.3 Å². The monoisotopic (exact) mass is 624 g/mol. The second kappa shape index (κ2) is 13.7. The van der Waals surface area contributed by atoms with E-state index in [-0.39, 0.29) is 5.97 Å². The second-order valence-corrected chi connectivity index (χ2v) is 12.4. The Labute approximate surface area is 275 Å². The molecule has 6 aromatic rings. The summed E-state index contributed by atoms with van der Waals surface area (Å²) in [4.78, 5) is 29.6. The number of aromatic nitrogens is 4. The minimum Gasteiger partial charge on any atom is -0.461 e. The molecule has 0 spiro atoms. The van der Waals surface area contributed by atoms with Crippen molar-refractivity contribution in [2.45, 2.75) is 57.6 Å². The molecule has 8 heteroatoms. The lowest BCUT2D eigenvalue weighted by atomic mass is 9.78. The van der Waals surface area contributed by atoms with Crippen LogP contribution >= 0.6 is 0 Å². The van der Waals surface area contributed by atoms with Crippen molar-refractivity contribution in [1.29, 1.82) is 0 Å². The Morgan fingerprint density at radius 1 is 0.936 bits per heavy atom. The van der Waals surface area contributed by atoms with Gasteiger partial charge < -0.3 is 15.4 Å². The number of nitrogens with two attached hydrogens (primary N) is 1. The van der Waals surface area contributed by atoms with Gasteiger partial charge in [-0.15, -0.1) is 0 Å². The summed E-state index contributed by atoms with van der Waals surface area (Å²) in [7, 11) is 0. The van der Waals surface area contributed by atoms with Crippen LogP contribution < -0.4 is 5.73 Å². The van der Waals surface area contributed by atoms with Crippen molar-refractivity contribution in [2.75, 3.05) is 18.8 Å². The lowest BCUT2D eigenvalue weighted by Crippen LogP contribution is -2.45. The van der Waals surface area contributed by atoms with E-state index in [1.165, 1.54) is 0 Å². The molecule has 0 atom stereocenters. The van der Waals surface area contributed by atoms with Crippen LogP contribution in [0.5, 0.6) is 0 Å². The Bertz CT molecular complexity index is 1990. The maximum Gasteiger partial charge on any atom is 0.306 e. The summed E-state index contributed by atoms with van der Waals surface area (Å²) in [5, 5.41) is 1.07. The van der Waals surface area contributed by atoms with E-state index in [9.17, 15) is 4.79 Å². The molecule has 1 aliphatic carbocycles.